The maximum Gasteiger partial charge on any atom is 0.345 e. The molecule has 2 atom stereocenters. The summed E-state index contributed by atoms with van der Waals surface area (Å²) in [6, 6.07) is 13.7. The van der Waals surface area contributed by atoms with Gasteiger partial charge in [-0.2, -0.15) is 12.6 Å². The van der Waals surface area contributed by atoms with Crippen molar-refractivity contribution in [3.05, 3.63) is 66.0 Å². The molecule has 0 aliphatic carbocycles. The van der Waals surface area contributed by atoms with Crippen LogP contribution in [0.25, 0.3) is 0 Å². The van der Waals surface area contributed by atoms with Crippen molar-refractivity contribution in [3.8, 4) is 0 Å². The third-order valence-electron chi connectivity index (χ3n) is 4.69. The second-order valence-corrected chi connectivity index (χ2v) is 7.21. The number of thiol groups is 1. The molecular formula is C21H23FN2O5S. The minimum absolute atomic E-state index is 0.0523. The molecule has 1 unspecified atom stereocenters. The first-order valence-electron chi connectivity index (χ1n) is 9.17. The topological polar surface area (TPSA) is 121 Å². The minimum Gasteiger partial charge on any atom is -0.481 e. The van der Waals surface area contributed by atoms with E-state index in [4.69, 9.17) is 10.8 Å². The Hall–Kier alpha value is -2.91. The van der Waals surface area contributed by atoms with Gasteiger partial charge in [0.15, 0.2) is 5.66 Å². The van der Waals surface area contributed by atoms with E-state index in [-0.39, 0.29) is 17.9 Å². The Labute approximate surface area is 178 Å². The average molecular weight is 434 g/mol. The lowest BCUT2D eigenvalue weighted by molar-refractivity contribution is -0.146. The number of carbonyl (C=O) groups excluding carboxylic acids is 1. The van der Waals surface area contributed by atoms with Gasteiger partial charge in [-0.1, -0.05) is 30.3 Å². The van der Waals surface area contributed by atoms with Crippen LogP contribution in [0, 0.1) is 11.7 Å². The predicted octanol–water partition coefficient (Wildman–Crippen LogP) is 2.55. The van der Waals surface area contributed by atoms with Gasteiger partial charge in [0.1, 0.15) is 5.82 Å². The minimum atomic E-state index is -2.34. The van der Waals surface area contributed by atoms with E-state index < -0.39 is 48.1 Å². The van der Waals surface area contributed by atoms with Crippen molar-refractivity contribution in [2.75, 3.05) is 10.7 Å². The molecule has 2 aromatic rings. The zero-order valence-electron chi connectivity index (χ0n) is 16.1. The Morgan fingerprint density at radius 1 is 1.07 bits per heavy atom. The Morgan fingerprint density at radius 3 is 2.17 bits per heavy atom. The summed E-state index contributed by atoms with van der Waals surface area (Å²) >= 11 is 4.25. The zero-order chi connectivity index (χ0) is 22.3. The van der Waals surface area contributed by atoms with Gasteiger partial charge in [0.2, 0.25) is 5.91 Å². The monoisotopic (exact) mass is 434 g/mol. The molecule has 2 aromatic carbocycles. The number of benzene rings is 2. The highest BCUT2D eigenvalue weighted by molar-refractivity contribution is 7.80. The summed E-state index contributed by atoms with van der Waals surface area (Å²) in [7, 11) is 0. The van der Waals surface area contributed by atoms with Crippen LogP contribution in [0.5, 0.6) is 0 Å². The Balaban J connectivity index is 2.50. The van der Waals surface area contributed by atoms with Crippen LogP contribution < -0.4 is 10.6 Å². The van der Waals surface area contributed by atoms with E-state index in [0.29, 0.717) is 0 Å². The number of nitrogens with two attached hydrogens (primary N) is 1. The highest BCUT2D eigenvalue weighted by Crippen LogP contribution is 2.29. The molecule has 7 nitrogen and oxygen atoms in total. The highest BCUT2D eigenvalue weighted by Gasteiger charge is 2.46. The summed E-state index contributed by atoms with van der Waals surface area (Å²) in [5, 5.41) is 18.8. The number of hydrogen-bond acceptors (Lipinski definition) is 5. The lowest BCUT2D eigenvalue weighted by atomic mass is 9.95. The van der Waals surface area contributed by atoms with Crippen molar-refractivity contribution in [2.45, 2.75) is 24.9 Å². The maximum atomic E-state index is 13.5. The van der Waals surface area contributed by atoms with Crippen LogP contribution in [-0.4, -0.2) is 39.5 Å². The maximum absolute atomic E-state index is 13.5. The predicted molar refractivity (Wildman–Crippen MR) is 113 cm³/mol. The SMILES string of the molecule is N[C@@](CCC(=O)O)(C(=O)O)N(C(=O)C(CS)Cc1ccccc1)c1ccc(F)cc1. The van der Waals surface area contributed by atoms with Gasteiger partial charge in [-0.25, -0.2) is 9.18 Å². The second kappa shape index (κ2) is 10.2. The van der Waals surface area contributed by atoms with Crippen LogP contribution in [0.2, 0.25) is 0 Å². The standard InChI is InChI=1S/C21H23FN2O5S/c22-16-6-8-17(9-7-16)24(21(23,20(28)29)11-10-18(25)26)19(27)15(13-30)12-14-4-2-1-3-5-14/h1-9,15,30H,10-13,23H2,(H,25,26)(H,28,29)/t15?,21-/m1/s1. The highest BCUT2D eigenvalue weighted by atomic mass is 32.1. The first-order chi connectivity index (χ1) is 14.2. The molecule has 0 fully saturated rings. The molecule has 0 aromatic heterocycles. The Morgan fingerprint density at radius 2 is 1.67 bits per heavy atom. The first kappa shape index (κ1) is 23.4. The van der Waals surface area contributed by atoms with Crippen LogP contribution in [0.4, 0.5) is 10.1 Å². The normalized spacial score (nSPS) is 13.8. The fourth-order valence-electron chi connectivity index (χ4n) is 3.07. The van der Waals surface area contributed by atoms with Gasteiger partial charge in [-0.05, 0) is 36.2 Å². The third kappa shape index (κ3) is 5.58. The van der Waals surface area contributed by atoms with Crippen molar-refractivity contribution in [1.82, 2.24) is 0 Å². The molecule has 0 heterocycles. The molecule has 0 saturated carbocycles. The van der Waals surface area contributed by atoms with Gasteiger partial charge >= 0.3 is 11.9 Å². The van der Waals surface area contributed by atoms with Gasteiger partial charge in [-0.15, -0.1) is 0 Å². The number of anilines is 1. The van der Waals surface area contributed by atoms with Crippen LogP contribution in [0.15, 0.2) is 54.6 Å². The molecule has 0 saturated heterocycles. The molecule has 9 heteroatoms. The Kier molecular flexibility index (Phi) is 7.96. The second-order valence-electron chi connectivity index (χ2n) is 6.84. The quantitative estimate of drug-likeness (QED) is 0.337. The lowest BCUT2D eigenvalue weighted by Gasteiger charge is -2.39. The fourth-order valence-corrected chi connectivity index (χ4v) is 3.35. The number of halogens is 1. The molecule has 0 radical (unpaired) electrons. The molecule has 0 aliphatic rings. The van der Waals surface area contributed by atoms with Crippen LogP contribution in [0.1, 0.15) is 18.4 Å². The fraction of sp³-hybridized carbons (Fsp3) is 0.286. The van der Waals surface area contributed by atoms with Gasteiger partial charge in [0.05, 0.1) is 5.92 Å². The molecular weight excluding hydrogens is 411 g/mol. The van der Waals surface area contributed by atoms with Gasteiger partial charge in [0.25, 0.3) is 0 Å². The van der Waals surface area contributed by atoms with Crippen molar-refractivity contribution in [3.63, 3.8) is 0 Å². The number of carboxylic acid groups (broad SMARTS) is 2. The number of aliphatic carboxylic acids is 2. The van der Waals surface area contributed by atoms with E-state index in [9.17, 15) is 23.9 Å². The van der Waals surface area contributed by atoms with Gasteiger partial charge < -0.3 is 10.2 Å². The Bertz CT molecular complexity index is 894. The third-order valence-corrected chi connectivity index (χ3v) is 5.13. The van der Waals surface area contributed by atoms with Crippen molar-refractivity contribution in [2.24, 2.45) is 11.7 Å². The van der Waals surface area contributed by atoms with E-state index >= 15 is 0 Å². The van der Waals surface area contributed by atoms with Crippen molar-refractivity contribution >= 4 is 36.2 Å². The van der Waals surface area contributed by atoms with E-state index in [2.05, 4.69) is 12.6 Å². The lowest BCUT2D eigenvalue weighted by Crippen LogP contribution is -2.65. The number of nitrogens with zero attached hydrogens (tertiary/aromatic N) is 1. The summed E-state index contributed by atoms with van der Waals surface area (Å²) < 4.78 is 13.4. The average Bonchev–Trinajstić information content (AvgIpc) is 2.72. The van der Waals surface area contributed by atoms with E-state index in [1.54, 1.807) is 0 Å². The molecule has 0 spiro atoms. The smallest absolute Gasteiger partial charge is 0.345 e. The molecule has 2 rings (SSSR count). The molecule has 0 aliphatic heterocycles. The summed E-state index contributed by atoms with van der Waals surface area (Å²) in [5.74, 6) is -4.69. The summed E-state index contributed by atoms with van der Waals surface area (Å²) in [6.07, 6.45) is -0.834. The first-order valence-corrected chi connectivity index (χ1v) is 9.80. The summed E-state index contributed by atoms with van der Waals surface area (Å²) in [4.78, 5) is 37.4. The summed E-state index contributed by atoms with van der Waals surface area (Å²) in [5.41, 5.74) is 4.66. The van der Waals surface area contributed by atoms with Crippen LogP contribution in [-0.2, 0) is 20.8 Å². The van der Waals surface area contributed by atoms with E-state index in [1.165, 1.54) is 12.1 Å². The van der Waals surface area contributed by atoms with E-state index in [1.807, 2.05) is 30.3 Å². The number of hydrogen-bond donors (Lipinski definition) is 4. The molecule has 0 bridgehead atoms. The molecule has 4 N–H and O–H groups in total. The molecule has 1 amide bonds. The molecule has 160 valence electrons. The van der Waals surface area contributed by atoms with Gasteiger partial charge in [0, 0.05) is 24.3 Å². The van der Waals surface area contributed by atoms with Crippen LogP contribution >= 0.6 is 12.6 Å². The van der Waals surface area contributed by atoms with Gasteiger partial charge in [-0.3, -0.25) is 20.2 Å². The number of carboxylic acids is 2. The number of amides is 1. The van der Waals surface area contributed by atoms with Crippen molar-refractivity contribution < 1.29 is 29.0 Å². The van der Waals surface area contributed by atoms with Crippen LogP contribution in [0.3, 0.4) is 0 Å². The summed E-state index contributed by atoms with van der Waals surface area (Å²) in [6.45, 7) is 0. The number of rotatable bonds is 10. The number of carbonyl (C=O) groups is 3. The zero-order valence-corrected chi connectivity index (χ0v) is 17.0. The van der Waals surface area contributed by atoms with Crippen molar-refractivity contribution in [1.29, 1.82) is 0 Å². The molecule has 30 heavy (non-hydrogen) atoms. The van der Waals surface area contributed by atoms with E-state index in [0.717, 1.165) is 22.6 Å². The largest absolute Gasteiger partial charge is 0.481 e.